The molecule has 1 amide bonds. The Morgan fingerprint density at radius 1 is 1.78 bits per heavy atom. The van der Waals surface area contributed by atoms with Crippen LogP contribution in [0.15, 0.2) is 0 Å². The number of hydrogen-bond donors (Lipinski definition) is 1. The molecule has 0 aliphatic heterocycles. The van der Waals surface area contributed by atoms with Crippen molar-refractivity contribution in [2.24, 2.45) is 0 Å². The highest BCUT2D eigenvalue weighted by Gasteiger charge is 1.92. The molecule has 3 heteroatoms. The average molecular weight is 127 g/mol. The molecule has 0 rings (SSSR count). The molecule has 0 heterocycles. The molecule has 0 spiro atoms. The lowest BCUT2D eigenvalue weighted by Gasteiger charge is -1.94. The van der Waals surface area contributed by atoms with E-state index in [2.05, 4.69) is 22.1 Å². The number of amides is 1. The van der Waals surface area contributed by atoms with Gasteiger partial charge in [0.2, 0.25) is 0 Å². The van der Waals surface area contributed by atoms with Gasteiger partial charge in [0.05, 0.1) is 0 Å². The molecule has 0 bridgehead atoms. The monoisotopic (exact) mass is 127 g/mol. The van der Waals surface area contributed by atoms with Gasteiger partial charge in [0.15, 0.2) is 0 Å². The first kappa shape index (κ1) is 7.83. The van der Waals surface area contributed by atoms with Crippen LogP contribution in [0, 0.1) is 12.0 Å². The van der Waals surface area contributed by atoms with Crippen LogP contribution >= 0.6 is 0 Å². The number of alkyl carbamates (subject to hydrolysis) is 1. The van der Waals surface area contributed by atoms with Gasteiger partial charge < -0.3 is 10.1 Å². The minimum atomic E-state index is -0.494. The average Bonchev–Trinajstić information content (AvgIpc) is 1.85. The van der Waals surface area contributed by atoms with Crippen LogP contribution in [0.1, 0.15) is 13.8 Å². The molecule has 0 saturated heterocycles. The zero-order chi connectivity index (χ0) is 7.11. The fraction of sp³-hybridized carbons (Fsp3) is 0.500. The normalized spacial score (nSPS) is 6.89. The highest BCUT2D eigenvalue weighted by atomic mass is 16.5. The van der Waals surface area contributed by atoms with Crippen LogP contribution in [-0.2, 0) is 4.74 Å². The second-order valence-corrected chi connectivity index (χ2v) is 1.27. The summed E-state index contributed by atoms with van der Waals surface area (Å²) < 4.78 is 4.32. The van der Waals surface area contributed by atoms with Gasteiger partial charge in [-0.15, -0.1) is 0 Å². The molecule has 0 aliphatic carbocycles. The van der Waals surface area contributed by atoms with Crippen molar-refractivity contribution in [3.8, 4) is 12.0 Å². The zero-order valence-corrected chi connectivity index (χ0v) is 5.52. The standard InChI is InChI=1S/C6H9NO2/c1-3-5-9-6(8)7-4-2/h4H2,1-2H3,(H,7,8). The van der Waals surface area contributed by atoms with Gasteiger partial charge in [0.25, 0.3) is 0 Å². The lowest BCUT2D eigenvalue weighted by molar-refractivity contribution is 0.192. The van der Waals surface area contributed by atoms with Crippen molar-refractivity contribution in [3.63, 3.8) is 0 Å². The highest BCUT2D eigenvalue weighted by Crippen LogP contribution is 1.71. The van der Waals surface area contributed by atoms with E-state index in [0.29, 0.717) is 6.54 Å². The minimum absolute atomic E-state index is 0.494. The number of rotatable bonds is 1. The smallest absolute Gasteiger partial charge is 0.356 e. The van der Waals surface area contributed by atoms with Crippen molar-refractivity contribution in [2.75, 3.05) is 6.54 Å². The SMILES string of the molecule is CC#COC(=O)NCC. The Kier molecular flexibility index (Phi) is 4.33. The van der Waals surface area contributed by atoms with Gasteiger partial charge in [-0.2, -0.15) is 0 Å². The predicted octanol–water partition coefficient (Wildman–Crippen LogP) is 0.713. The first-order valence-electron chi connectivity index (χ1n) is 2.67. The van der Waals surface area contributed by atoms with E-state index in [0.717, 1.165) is 0 Å². The molecule has 0 unspecified atom stereocenters. The molecule has 0 aromatic rings. The van der Waals surface area contributed by atoms with Crippen LogP contribution in [0.5, 0.6) is 0 Å². The molecule has 0 aromatic heterocycles. The first-order chi connectivity index (χ1) is 4.31. The molecule has 1 N–H and O–H groups in total. The van der Waals surface area contributed by atoms with Gasteiger partial charge in [-0.25, -0.2) is 4.79 Å². The summed E-state index contributed by atoms with van der Waals surface area (Å²) in [7, 11) is 0. The second kappa shape index (κ2) is 4.98. The molecular weight excluding hydrogens is 118 g/mol. The summed E-state index contributed by atoms with van der Waals surface area (Å²) in [5, 5.41) is 2.42. The number of ether oxygens (including phenoxy) is 1. The van der Waals surface area contributed by atoms with Gasteiger partial charge in [0.1, 0.15) is 6.11 Å². The van der Waals surface area contributed by atoms with Crippen molar-refractivity contribution in [2.45, 2.75) is 13.8 Å². The van der Waals surface area contributed by atoms with Gasteiger partial charge in [0, 0.05) is 13.5 Å². The quantitative estimate of drug-likeness (QED) is 0.527. The third-order valence-electron chi connectivity index (χ3n) is 0.567. The summed E-state index contributed by atoms with van der Waals surface area (Å²) in [5.74, 6) is 2.42. The number of nitrogens with one attached hydrogen (secondary N) is 1. The number of hydrogen-bond acceptors (Lipinski definition) is 2. The van der Waals surface area contributed by atoms with Crippen LogP contribution in [0.2, 0.25) is 0 Å². The van der Waals surface area contributed by atoms with Crippen molar-refractivity contribution >= 4 is 6.09 Å². The van der Waals surface area contributed by atoms with Crippen molar-refractivity contribution in [1.29, 1.82) is 0 Å². The Morgan fingerprint density at radius 3 is 2.89 bits per heavy atom. The summed E-state index contributed by atoms with van der Waals surface area (Å²) in [6.45, 7) is 3.96. The molecule has 9 heavy (non-hydrogen) atoms. The fourth-order valence-corrected chi connectivity index (χ4v) is 0.278. The van der Waals surface area contributed by atoms with Gasteiger partial charge in [-0.05, 0) is 6.92 Å². The summed E-state index contributed by atoms with van der Waals surface area (Å²) in [6, 6.07) is 0. The Bertz CT molecular complexity index is 143. The van der Waals surface area contributed by atoms with Crippen LogP contribution in [-0.4, -0.2) is 12.6 Å². The van der Waals surface area contributed by atoms with E-state index < -0.39 is 6.09 Å². The summed E-state index contributed by atoms with van der Waals surface area (Å²) in [4.78, 5) is 10.4. The van der Waals surface area contributed by atoms with Crippen molar-refractivity contribution < 1.29 is 9.53 Å². The van der Waals surface area contributed by atoms with Gasteiger partial charge in [-0.1, -0.05) is 5.92 Å². The van der Waals surface area contributed by atoms with Crippen molar-refractivity contribution in [1.82, 2.24) is 5.32 Å². The highest BCUT2D eigenvalue weighted by molar-refractivity contribution is 5.68. The number of carbonyl (C=O) groups excluding carboxylic acids is 1. The van der Waals surface area contributed by atoms with E-state index in [1.54, 1.807) is 13.8 Å². The summed E-state index contributed by atoms with van der Waals surface area (Å²) in [6.07, 6.45) is 1.68. The van der Waals surface area contributed by atoms with E-state index in [1.807, 2.05) is 0 Å². The van der Waals surface area contributed by atoms with Crippen LogP contribution in [0.3, 0.4) is 0 Å². The summed E-state index contributed by atoms with van der Waals surface area (Å²) >= 11 is 0. The lowest BCUT2D eigenvalue weighted by atomic mass is 10.7. The molecule has 0 fully saturated rings. The zero-order valence-electron chi connectivity index (χ0n) is 5.52. The Balaban J connectivity index is 3.35. The maximum atomic E-state index is 10.4. The molecule has 3 nitrogen and oxygen atoms in total. The predicted molar refractivity (Wildman–Crippen MR) is 33.6 cm³/mol. The largest absolute Gasteiger partial charge is 0.421 e. The van der Waals surface area contributed by atoms with E-state index in [1.165, 1.54) is 0 Å². The van der Waals surface area contributed by atoms with Crippen LogP contribution in [0.25, 0.3) is 0 Å². The van der Waals surface area contributed by atoms with E-state index in [4.69, 9.17) is 0 Å². The molecule has 50 valence electrons. The maximum Gasteiger partial charge on any atom is 0.421 e. The lowest BCUT2D eigenvalue weighted by Crippen LogP contribution is -2.21. The first-order valence-corrected chi connectivity index (χ1v) is 2.67. The topological polar surface area (TPSA) is 38.3 Å². The Labute approximate surface area is 54.4 Å². The van der Waals surface area contributed by atoms with Crippen molar-refractivity contribution in [3.05, 3.63) is 0 Å². The third-order valence-corrected chi connectivity index (χ3v) is 0.567. The van der Waals surface area contributed by atoms with Crippen LogP contribution in [0.4, 0.5) is 4.79 Å². The molecule has 0 aromatic carbocycles. The fourth-order valence-electron chi connectivity index (χ4n) is 0.278. The Hall–Kier alpha value is -1.17. The van der Waals surface area contributed by atoms with E-state index in [9.17, 15) is 4.79 Å². The second-order valence-electron chi connectivity index (χ2n) is 1.27. The molecule has 0 atom stereocenters. The number of carbonyl (C=O) groups is 1. The Morgan fingerprint density at radius 2 is 2.44 bits per heavy atom. The third kappa shape index (κ3) is 4.69. The van der Waals surface area contributed by atoms with E-state index in [-0.39, 0.29) is 0 Å². The maximum absolute atomic E-state index is 10.4. The summed E-state index contributed by atoms with van der Waals surface area (Å²) in [5.41, 5.74) is 0. The van der Waals surface area contributed by atoms with Crippen LogP contribution < -0.4 is 5.32 Å². The molecule has 0 aliphatic rings. The van der Waals surface area contributed by atoms with Gasteiger partial charge in [-0.3, -0.25) is 0 Å². The van der Waals surface area contributed by atoms with E-state index >= 15 is 0 Å². The molecular formula is C6H9NO2. The molecule has 0 radical (unpaired) electrons. The molecule has 0 saturated carbocycles. The van der Waals surface area contributed by atoms with Gasteiger partial charge >= 0.3 is 6.09 Å². The minimum Gasteiger partial charge on any atom is -0.356 e.